The third-order valence-corrected chi connectivity index (χ3v) is 9.67. The van der Waals surface area contributed by atoms with Gasteiger partial charge in [0.2, 0.25) is 0 Å². The lowest BCUT2D eigenvalue weighted by Crippen LogP contribution is -2.44. The van der Waals surface area contributed by atoms with Crippen LogP contribution in [0.4, 0.5) is 11.4 Å². The van der Waals surface area contributed by atoms with E-state index < -0.39 is 9.84 Å². The molecule has 0 radical (unpaired) electrons. The number of thioether (sulfide) groups is 1. The Hall–Kier alpha value is -3.47. The lowest BCUT2D eigenvalue weighted by Gasteiger charge is -2.34. The van der Waals surface area contributed by atoms with Crippen molar-refractivity contribution in [2.75, 3.05) is 57.7 Å². The smallest absolute Gasteiger partial charge is 0.262 e. The molecule has 0 unspecified atom stereocenters. The number of nitrogens with zero attached hydrogens (tertiary/aromatic N) is 2. The summed E-state index contributed by atoms with van der Waals surface area (Å²) in [6.07, 6.45) is 1.86. The van der Waals surface area contributed by atoms with Gasteiger partial charge in [-0.2, -0.15) is 0 Å². The van der Waals surface area contributed by atoms with Gasteiger partial charge in [-0.15, -0.1) is 0 Å². The van der Waals surface area contributed by atoms with E-state index in [0.717, 1.165) is 36.6 Å². The lowest BCUT2D eigenvalue weighted by molar-refractivity contribution is -0.112. The second kappa shape index (κ2) is 11.3. The van der Waals surface area contributed by atoms with Crippen molar-refractivity contribution in [1.82, 2.24) is 4.90 Å². The first kappa shape index (κ1) is 27.1. The van der Waals surface area contributed by atoms with Crippen LogP contribution in [0, 0.1) is 0 Å². The van der Waals surface area contributed by atoms with Gasteiger partial charge in [0.15, 0.2) is 9.84 Å². The normalized spacial score (nSPS) is 17.1. The Kier molecular flexibility index (Phi) is 7.88. The van der Waals surface area contributed by atoms with E-state index in [2.05, 4.69) is 34.3 Å². The number of methoxy groups -OCH3 is 2. The zero-order chi connectivity index (χ0) is 27.6. The monoisotopic (exact) mass is 565 g/mol. The molecule has 0 saturated carbocycles. The molecule has 2 aliphatic heterocycles. The lowest BCUT2D eigenvalue weighted by atomic mass is 10.1. The number of piperazine rings is 1. The van der Waals surface area contributed by atoms with Gasteiger partial charge in [0, 0.05) is 36.8 Å². The van der Waals surface area contributed by atoms with Crippen molar-refractivity contribution in [3.8, 4) is 11.5 Å². The number of likely N-dealkylation sites (N-methyl/N-ethyl adjacent to an activating group) is 1. The Bertz CT molecular complexity index is 1490. The highest BCUT2D eigenvalue weighted by atomic mass is 32.2. The number of fused-ring (bicyclic) bond motifs is 1. The fraction of sp³-hybridized carbons (Fsp3) is 0.276. The average Bonchev–Trinajstić information content (AvgIpc) is 2.94. The average molecular weight is 566 g/mol. The van der Waals surface area contributed by atoms with Crippen molar-refractivity contribution >= 4 is 45.0 Å². The number of nitrogens with one attached hydrogen (secondary N) is 1. The van der Waals surface area contributed by atoms with Crippen molar-refractivity contribution < 1.29 is 22.7 Å². The summed E-state index contributed by atoms with van der Waals surface area (Å²) < 4.78 is 37.4. The van der Waals surface area contributed by atoms with Gasteiger partial charge in [0.25, 0.3) is 5.91 Å². The van der Waals surface area contributed by atoms with Crippen LogP contribution in [0.3, 0.4) is 0 Å². The number of amides is 1. The molecule has 3 aromatic rings. The molecule has 3 aromatic carbocycles. The van der Waals surface area contributed by atoms with Crippen LogP contribution in [0.1, 0.15) is 11.1 Å². The number of sulfone groups is 1. The predicted octanol–water partition coefficient (Wildman–Crippen LogP) is 4.51. The van der Waals surface area contributed by atoms with Crippen molar-refractivity contribution in [3.63, 3.8) is 0 Å². The van der Waals surface area contributed by atoms with Crippen LogP contribution in [-0.2, 0) is 20.4 Å². The molecule has 2 heterocycles. The van der Waals surface area contributed by atoms with Crippen LogP contribution < -0.4 is 19.7 Å². The van der Waals surface area contributed by atoms with E-state index in [0.29, 0.717) is 27.7 Å². The van der Waals surface area contributed by atoms with E-state index in [1.807, 2.05) is 18.2 Å². The molecule has 39 heavy (non-hydrogen) atoms. The number of rotatable bonds is 7. The Morgan fingerprint density at radius 1 is 0.949 bits per heavy atom. The largest absolute Gasteiger partial charge is 0.496 e. The molecule has 10 heteroatoms. The topological polar surface area (TPSA) is 88.2 Å². The van der Waals surface area contributed by atoms with Gasteiger partial charge in [-0.3, -0.25) is 4.79 Å². The number of anilines is 2. The third-order valence-electron chi connectivity index (χ3n) is 6.93. The number of benzene rings is 3. The Morgan fingerprint density at radius 2 is 1.62 bits per heavy atom. The van der Waals surface area contributed by atoms with Gasteiger partial charge in [0.05, 0.1) is 41.0 Å². The van der Waals surface area contributed by atoms with Gasteiger partial charge >= 0.3 is 0 Å². The molecule has 0 bridgehead atoms. The molecule has 204 valence electrons. The molecule has 0 aliphatic carbocycles. The van der Waals surface area contributed by atoms with Crippen LogP contribution in [0.2, 0.25) is 0 Å². The molecule has 1 N–H and O–H groups in total. The summed E-state index contributed by atoms with van der Waals surface area (Å²) in [6, 6.07) is 18.2. The first-order chi connectivity index (χ1) is 18.8. The Morgan fingerprint density at radius 3 is 2.26 bits per heavy atom. The summed E-state index contributed by atoms with van der Waals surface area (Å²) in [7, 11) is 1.37. The molecule has 8 nitrogen and oxygen atoms in total. The molecule has 1 saturated heterocycles. The van der Waals surface area contributed by atoms with E-state index in [-0.39, 0.29) is 16.6 Å². The molecule has 5 rings (SSSR count). The second-order valence-electron chi connectivity index (χ2n) is 9.50. The van der Waals surface area contributed by atoms with E-state index >= 15 is 0 Å². The summed E-state index contributed by atoms with van der Waals surface area (Å²) in [5, 5.41) is 2.86. The van der Waals surface area contributed by atoms with Crippen molar-refractivity contribution in [1.29, 1.82) is 0 Å². The zero-order valence-electron chi connectivity index (χ0n) is 22.1. The minimum absolute atomic E-state index is 0.113. The van der Waals surface area contributed by atoms with Gasteiger partial charge in [-0.1, -0.05) is 30.0 Å². The Labute approximate surface area is 233 Å². The van der Waals surface area contributed by atoms with Gasteiger partial charge in [-0.05, 0) is 61.2 Å². The highest BCUT2D eigenvalue weighted by molar-refractivity contribution is 8.04. The molecule has 1 fully saturated rings. The van der Waals surface area contributed by atoms with Crippen LogP contribution in [0.5, 0.6) is 11.5 Å². The van der Waals surface area contributed by atoms with Gasteiger partial charge in [-0.25, -0.2) is 8.42 Å². The van der Waals surface area contributed by atoms with Crippen molar-refractivity contribution in [2.45, 2.75) is 15.5 Å². The SMILES string of the molecule is COc1cccc(OC)c1CS(=O)(=O)c1ccc2c(c1)NC(=O)/C(=C/c1ccc(N3CCN(C)CC3)cc1)S2. The maximum Gasteiger partial charge on any atom is 0.262 e. The van der Waals surface area contributed by atoms with E-state index in [4.69, 9.17) is 9.47 Å². The van der Waals surface area contributed by atoms with Crippen molar-refractivity contribution in [2.24, 2.45) is 0 Å². The summed E-state index contributed by atoms with van der Waals surface area (Å²) in [4.78, 5) is 19.1. The summed E-state index contributed by atoms with van der Waals surface area (Å²) in [5.74, 6) is 0.309. The quantitative estimate of drug-likeness (QED) is 0.419. The standard InChI is InChI=1S/C29H31N3O5S2/c1-31-13-15-32(16-14-31)21-9-7-20(8-10-21)17-28-29(33)30-24-18-22(11-12-27(24)38-28)39(34,35)19-23-25(36-2)5-4-6-26(23)37-3/h4-12,17-18H,13-16,19H2,1-3H3,(H,30,33)/b28-17-. The molecular formula is C29H31N3O5S2. The minimum Gasteiger partial charge on any atom is -0.496 e. The highest BCUT2D eigenvalue weighted by Crippen LogP contribution is 2.41. The molecule has 0 aromatic heterocycles. The molecular weight excluding hydrogens is 534 g/mol. The number of hydrogen-bond acceptors (Lipinski definition) is 8. The van der Waals surface area contributed by atoms with Crippen LogP contribution in [-0.4, -0.2) is 66.7 Å². The molecule has 2 aliphatic rings. The maximum absolute atomic E-state index is 13.3. The third kappa shape index (κ3) is 5.93. The number of carbonyl (C=O) groups is 1. The number of hydrogen-bond donors (Lipinski definition) is 1. The highest BCUT2D eigenvalue weighted by Gasteiger charge is 2.26. The zero-order valence-corrected chi connectivity index (χ0v) is 23.8. The van der Waals surface area contributed by atoms with Crippen molar-refractivity contribution in [3.05, 3.63) is 76.7 Å². The molecule has 1 amide bonds. The molecule has 0 atom stereocenters. The number of carbonyl (C=O) groups excluding carboxylic acids is 1. The first-order valence-corrected chi connectivity index (χ1v) is 15.1. The first-order valence-electron chi connectivity index (χ1n) is 12.6. The van der Waals surface area contributed by atoms with E-state index in [9.17, 15) is 13.2 Å². The molecule has 0 spiro atoms. The second-order valence-corrected chi connectivity index (χ2v) is 12.6. The predicted molar refractivity (Wildman–Crippen MR) is 155 cm³/mol. The Balaban J connectivity index is 1.33. The van der Waals surface area contributed by atoms with Gasteiger partial charge < -0.3 is 24.6 Å². The fourth-order valence-electron chi connectivity index (χ4n) is 4.67. The van der Waals surface area contributed by atoms with E-state index in [1.54, 1.807) is 30.3 Å². The number of ether oxygens (including phenoxy) is 2. The minimum atomic E-state index is -3.75. The fourth-order valence-corrected chi connectivity index (χ4v) is 7.01. The maximum atomic E-state index is 13.3. The summed E-state index contributed by atoms with van der Waals surface area (Å²) in [6.45, 7) is 4.08. The van der Waals surface area contributed by atoms with Crippen LogP contribution in [0.25, 0.3) is 6.08 Å². The van der Waals surface area contributed by atoms with E-state index in [1.165, 1.54) is 37.7 Å². The van der Waals surface area contributed by atoms with Crippen LogP contribution in [0.15, 0.2) is 75.4 Å². The van der Waals surface area contributed by atoms with Crippen LogP contribution >= 0.6 is 11.8 Å². The summed E-state index contributed by atoms with van der Waals surface area (Å²) >= 11 is 1.33. The summed E-state index contributed by atoms with van der Waals surface area (Å²) in [5.41, 5.74) is 3.03. The van der Waals surface area contributed by atoms with Gasteiger partial charge in [0.1, 0.15) is 11.5 Å².